The number of fused-ring (bicyclic) bond motifs is 1. The average Bonchev–Trinajstić information content (AvgIpc) is 3.03. The lowest BCUT2D eigenvalue weighted by Crippen LogP contribution is -2.38. The number of thioether (sulfide) groups is 1. The van der Waals surface area contributed by atoms with Crippen LogP contribution >= 0.6 is 23.1 Å². The van der Waals surface area contributed by atoms with E-state index >= 15 is 0 Å². The van der Waals surface area contributed by atoms with Crippen LogP contribution in [0, 0.1) is 0 Å². The van der Waals surface area contributed by atoms with Gasteiger partial charge in [0.1, 0.15) is 11.4 Å². The van der Waals surface area contributed by atoms with Gasteiger partial charge in [-0.25, -0.2) is 9.97 Å². The lowest BCUT2D eigenvalue weighted by Gasteiger charge is -2.26. The fourth-order valence-corrected chi connectivity index (χ4v) is 4.19. The van der Waals surface area contributed by atoms with Gasteiger partial charge in [0, 0.05) is 11.7 Å². The lowest BCUT2D eigenvalue weighted by molar-refractivity contribution is -0.116. The third-order valence-corrected chi connectivity index (χ3v) is 5.38. The second-order valence-corrected chi connectivity index (χ2v) is 7.18. The van der Waals surface area contributed by atoms with Crippen LogP contribution in [0.4, 0.5) is 5.69 Å². The molecule has 3 rings (SSSR count). The molecule has 0 saturated heterocycles. The van der Waals surface area contributed by atoms with Crippen LogP contribution < -0.4 is 4.90 Å². The van der Waals surface area contributed by atoms with E-state index in [0.717, 1.165) is 20.9 Å². The summed E-state index contributed by atoms with van der Waals surface area (Å²) < 4.78 is 1.04. The Morgan fingerprint density at radius 1 is 1.22 bits per heavy atom. The summed E-state index contributed by atoms with van der Waals surface area (Å²) in [5.41, 5.74) is 1.86. The van der Waals surface area contributed by atoms with Crippen LogP contribution in [0.1, 0.15) is 13.8 Å². The van der Waals surface area contributed by atoms with Crippen molar-refractivity contribution in [1.29, 1.82) is 0 Å². The van der Waals surface area contributed by atoms with Gasteiger partial charge >= 0.3 is 0 Å². The van der Waals surface area contributed by atoms with E-state index in [4.69, 9.17) is 0 Å². The van der Waals surface area contributed by atoms with Gasteiger partial charge in [-0.1, -0.05) is 30.0 Å². The smallest absolute Gasteiger partial charge is 0.237 e. The maximum Gasteiger partial charge on any atom is 0.237 e. The molecule has 0 unspecified atom stereocenters. The van der Waals surface area contributed by atoms with Crippen molar-refractivity contribution in [3.8, 4) is 0 Å². The molecule has 2 heterocycles. The van der Waals surface area contributed by atoms with Gasteiger partial charge in [0.05, 0.1) is 16.0 Å². The number of benzene rings is 1. The summed E-state index contributed by atoms with van der Waals surface area (Å²) in [7, 11) is 0. The number of thiophene rings is 1. The first kappa shape index (κ1) is 16.0. The van der Waals surface area contributed by atoms with E-state index in [1.165, 1.54) is 11.8 Å². The van der Waals surface area contributed by atoms with E-state index in [2.05, 4.69) is 9.97 Å². The molecule has 3 aromatic rings. The molecule has 0 spiro atoms. The zero-order valence-electron chi connectivity index (χ0n) is 13.0. The molecule has 0 aliphatic heterocycles. The van der Waals surface area contributed by atoms with Crippen LogP contribution in [0.3, 0.4) is 0 Å². The van der Waals surface area contributed by atoms with Crippen LogP contribution in [0.15, 0.2) is 53.1 Å². The summed E-state index contributed by atoms with van der Waals surface area (Å²) in [5, 5.41) is 2.87. The number of hydrogen-bond acceptors (Lipinski definition) is 5. The number of nitrogens with zero attached hydrogens (tertiary/aromatic N) is 3. The Labute approximate surface area is 143 Å². The standard InChI is InChI=1S/C17H17N3OS2/c1-12(2)20(13-6-4-3-5-7-13)15(21)10-23-17-16-14(8-9-22-16)18-11-19-17/h3-9,11-12H,10H2,1-2H3. The molecule has 0 bridgehead atoms. The Bertz CT molecular complexity index is 802. The van der Waals surface area contributed by atoms with Crippen LogP contribution in [0.5, 0.6) is 0 Å². The van der Waals surface area contributed by atoms with Gasteiger partial charge < -0.3 is 4.90 Å². The van der Waals surface area contributed by atoms with Crippen molar-refractivity contribution in [2.45, 2.75) is 24.9 Å². The Hall–Kier alpha value is -1.92. The molecule has 2 aromatic heterocycles. The maximum absolute atomic E-state index is 12.7. The molecule has 0 atom stereocenters. The first-order chi connectivity index (χ1) is 11.2. The first-order valence-corrected chi connectivity index (χ1v) is 9.21. The molecule has 1 aromatic carbocycles. The highest BCUT2D eigenvalue weighted by Crippen LogP contribution is 2.29. The third kappa shape index (κ3) is 3.54. The van der Waals surface area contributed by atoms with Crippen molar-refractivity contribution in [2.24, 2.45) is 0 Å². The number of rotatable bonds is 5. The quantitative estimate of drug-likeness (QED) is 0.514. The first-order valence-electron chi connectivity index (χ1n) is 7.35. The van der Waals surface area contributed by atoms with Crippen molar-refractivity contribution >= 4 is 44.9 Å². The van der Waals surface area contributed by atoms with Crippen LogP contribution in [-0.4, -0.2) is 27.7 Å². The highest BCUT2D eigenvalue weighted by atomic mass is 32.2. The number of aromatic nitrogens is 2. The molecule has 0 saturated carbocycles. The topological polar surface area (TPSA) is 46.1 Å². The van der Waals surface area contributed by atoms with Crippen molar-refractivity contribution in [3.63, 3.8) is 0 Å². The monoisotopic (exact) mass is 343 g/mol. The van der Waals surface area contributed by atoms with Crippen molar-refractivity contribution in [2.75, 3.05) is 10.7 Å². The molecule has 0 aliphatic carbocycles. The van der Waals surface area contributed by atoms with E-state index in [0.29, 0.717) is 5.75 Å². The highest BCUT2D eigenvalue weighted by molar-refractivity contribution is 8.00. The van der Waals surface area contributed by atoms with E-state index in [-0.39, 0.29) is 11.9 Å². The largest absolute Gasteiger partial charge is 0.309 e. The fraction of sp³-hybridized carbons (Fsp3) is 0.235. The molecule has 4 nitrogen and oxygen atoms in total. The summed E-state index contributed by atoms with van der Waals surface area (Å²) in [6.45, 7) is 4.05. The fourth-order valence-electron chi connectivity index (χ4n) is 2.39. The number of para-hydroxylation sites is 1. The van der Waals surface area contributed by atoms with Gasteiger partial charge in [0.15, 0.2) is 0 Å². The zero-order chi connectivity index (χ0) is 16.2. The maximum atomic E-state index is 12.7. The molecular weight excluding hydrogens is 326 g/mol. The molecule has 1 amide bonds. The highest BCUT2D eigenvalue weighted by Gasteiger charge is 2.19. The molecule has 0 radical (unpaired) electrons. The SMILES string of the molecule is CC(C)N(C(=O)CSc1ncnc2ccsc12)c1ccccc1. The Morgan fingerprint density at radius 2 is 2.00 bits per heavy atom. The van der Waals surface area contributed by atoms with Gasteiger partial charge in [-0.05, 0) is 37.4 Å². The summed E-state index contributed by atoms with van der Waals surface area (Å²) in [5.74, 6) is 0.441. The average molecular weight is 343 g/mol. The summed E-state index contributed by atoms with van der Waals surface area (Å²) in [6, 6.07) is 11.9. The molecular formula is C17H17N3OS2. The Morgan fingerprint density at radius 3 is 2.74 bits per heavy atom. The summed E-state index contributed by atoms with van der Waals surface area (Å²) >= 11 is 3.08. The molecule has 118 valence electrons. The molecule has 0 aliphatic rings. The van der Waals surface area contributed by atoms with Gasteiger partial charge in [-0.3, -0.25) is 4.79 Å². The number of carbonyl (C=O) groups excluding carboxylic acids is 1. The van der Waals surface area contributed by atoms with Crippen LogP contribution in [0.2, 0.25) is 0 Å². The molecule has 6 heteroatoms. The third-order valence-electron chi connectivity index (χ3n) is 3.36. The Kier molecular flexibility index (Phi) is 4.93. The normalized spacial score (nSPS) is 11.1. The van der Waals surface area contributed by atoms with E-state index < -0.39 is 0 Å². The molecule has 23 heavy (non-hydrogen) atoms. The second kappa shape index (κ2) is 7.10. The predicted octanol–water partition coefficient (Wildman–Crippen LogP) is 4.23. The number of amides is 1. The van der Waals surface area contributed by atoms with Crippen LogP contribution in [0.25, 0.3) is 10.2 Å². The molecule has 0 N–H and O–H groups in total. The summed E-state index contributed by atoms with van der Waals surface area (Å²) in [4.78, 5) is 23.1. The number of hydrogen-bond donors (Lipinski definition) is 0. The van der Waals surface area contributed by atoms with Crippen molar-refractivity contribution < 1.29 is 4.79 Å². The van der Waals surface area contributed by atoms with Crippen molar-refractivity contribution in [3.05, 3.63) is 48.1 Å². The summed E-state index contributed by atoms with van der Waals surface area (Å²) in [6.07, 6.45) is 1.55. The van der Waals surface area contributed by atoms with E-state index in [9.17, 15) is 4.79 Å². The van der Waals surface area contributed by atoms with Gasteiger partial charge in [-0.15, -0.1) is 11.3 Å². The minimum atomic E-state index is 0.0829. The Balaban J connectivity index is 1.76. The lowest BCUT2D eigenvalue weighted by atomic mass is 10.2. The van der Waals surface area contributed by atoms with E-state index in [1.54, 1.807) is 17.7 Å². The zero-order valence-corrected chi connectivity index (χ0v) is 14.6. The minimum Gasteiger partial charge on any atom is -0.309 e. The molecule has 0 fully saturated rings. The van der Waals surface area contributed by atoms with E-state index in [1.807, 2.05) is 60.5 Å². The van der Waals surface area contributed by atoms with Gasteiger partial charge in [-0.2, -0.15) is 0 Å². The number of carbonyl (C=O) groups is 1. The second-order valence-electron chi connectivity index (χ2n) is 5.30. The van der Waals surface area contributed by atoms with Gasteiger partial charge in [0.25, 0.3) is 0 Å². The minimum absolute atomic E-state index is 0.0829. The van der Waals surface area contributed by atoms with Crippen molar-refractivity contribution in [1.82, 2.24) is 9.97 Å². The predicted molar refractivity (Wildman–Crippen MR) is 97.2 cm³/mol. The number of anilines is 1. The van der Waals surface area contributed by atoms with Crippen LogP contribution in [-0.2, 0) is 4.79 Å². The van der Waals surface area contributed by atoms with Gasteiger partial charge in [0.2, 0.25) is 5.91 Å².